The van der Waals surface area contributed by atoms with Gasteiger partial charge in [-0.2, -0.15) is 0 Å². The van der Waals surface area contributed by atoms with Gasteiger partial charge >= 0.3 is 0 Å². The molecule has 0 N–H and O–H groups in total. The van der Waals surface area contributed by atoms with Gasteiger partial charge in [-0.15, -0.1) is 0 Å². The lowest BCUT2D eigenvalue weighted by Gasteiger charge is -2.48. The Morgan fingerprint density at radius 2 is 2.00 bits per heavy atom. The maximum absolute atomic E-state index is 13.1. The maximum Gasteiger partial charge on any atom is 0.227 e. The normalized spacial score (nSPS) is 30.8. The molecule has 154 valence electrons. The number of nitrogens with zero attached hydrogens (tertiary/aromatic N) is 2. The fourth-order valence-electron chi connectivity index (χ4n) is 5.37. The van der Waals surface area contributed by atoms with E-state index in [2.05, 4.69) is 4.90 Å². The molecule has 3 aliphatic rings. The number of hydrogen-bond donors (Lipinski definition) is 0. The van der Waals surface area contributed by atoms with Gasteiger partial charge in [0.05, 0.1) is 22.1 Å². The molecule has 3 atom stereocenters. The topological polar surface area (TPSA) is 32.8 Å². The molecule has 1 saturated carbocycles. The predicted molar refractivity (Wildman–Crippen MR) is 113 cm³/mol. The average molecular weight is 425 g/mol. The summed E-state index contributed by atoms with van der Waals surface area (Å²) < 4.78 is 6.22. The molecule has 1 aromatic carbocycles. The third-order valence-corrected chi connectivity index (χ3v) is 7.68. The Morgan fingerprint density at radius 1 is 1.21 bits per heavy atom. The molecule has 2 heterocycles. The molecule has 0 aromatic heterocycles. The van der Waals surface area contributed by atoms with Gasteiger partial charge in [0.1, 0.15) is 0 Å². The number of halogens is 2. The zero-order valence-electron chi connectivity index (χ0n) is 16.6. The van der Waals surface area contributed by atoms with Crippen LogP contribution in [0.5, 0.6) is 0 Å². The smallest absolute Gasteiger partial charge is 0.227 e. The van der Waals surface area contributed by atoms with Crippen LogP contribution in [0.2, 0.25) is 10.0 Å². The molecule has 1 aromatic rings. The van der Waals surface area contributed by atoms with Crippen LogP contribution in [-0.2, 0) is 16.0 Å². The second-order valence-electron chi connectivity index (χ2n) is 8.69. The number of rotatable bonds is 4. The second kappa shape index (κ2) is 8.51. The highest BCUT2D eigenvalue weighted by Crippen LogP contribution is 2.43. The van der Waals surface area contributed by atoms with E-state index in [4.69, 9.17) is 27.9 Å². The number of amides is 1. The summed E-state index contributed by atoms with van der Waals surface area (Å²) in [6, 6.07) is 6.11. The summed E-state index contributed by atoms with van der Waals surface area (Å²) >= 11 is 12.1. The molecule has 1 amide bonds. The first-order valence-electron chi connectivity index (χ1n) is 10.6. The molecule has 4 nitrogen and oxygen atoms in total. The monoisotopic (exact) mass is 424 g/mol. The molecule has 2 aliphatic heterocycles. The largest absolute Gasteiger partial charge is 0.375 e. The summed E-state index contributed by atoms with van der Waals surface area (Å²) in [5.74, 6) is 0.149. The van der Waals surface area contributed by atoms with Gasteiger partial charge in [0.25, 0.3) is 0 Å². The van der Waals surface area contributed by atoms with E-state index in [9.17, 15) is 4.79 Å². The van der Waals surface area contributed by atoms with E-state index in [1.807, 2.05) is 18.0 Å². The van der Waals surface area contributed by atoms with Gasteiger partial charge in [0.15, 0.2) is 0 Å². The van der Waals surface area contributed by atoms with E-state index >= 15 is 0 Å². The van der Waals surface area contributed by atoms with E-state index in [0.717, 1.165) is 44.5 Å². The Morgan fingerprint density at radius 3 is 2.68 bits per heavy atom. The van der Waals surface area contributed by atoms with E-state index in [0.29, 0.717) is 22.5 Å². The third-order valence-electron chi connectivity index (χ3n) is 6.95. The molecular weight excluding hydrogens is 395 g/mol. The Balaban J connectivity index is 1.48. The van der Waals surface area contributed by atoms with Crippen LogP contribution >= 0.6 is 23.2 Å². The van der Waals surface area contributed by atoms with Crippen molar-refractivity contribution in [3.05, 3.63) is 33.8 Å². The van der Waals surface area contributed by atoms with Crippen LogP contribution in [0.1, 0.15) is 50.5 Å². The first kappa shape index (κ1) is 20.5. The molecule has 0 bridgehead atoms. The Hall–Kier alpha value is -0.810. The van der Waals surface area contributed by atoms with Crippen molar-refractivity contribution < 1.29 is 9.53 Å². The number of ether oxygens (including phenoxy) is 1. The fraction of sp³-hybridized carbons (Fsp3) is 0.682. The number of hydrogen-bond acceptors (Lipinski definition) is 3. The van der Waals surface area contributed by atoms with Crippen LogP contribution in [0.3, 0.4) is 0 Å². The van der Waals surface area contributed by atoms with Crippen LogP contribution in [-0.4, -0.2) is 60.1 Å². The molecule has 0 radical (unpaired) electrons. The first-order valence-corrected chi connectivity index (χ1v) is 11.3. The lowest BCUT2D eigenvalue weighted by atomic mass is 9.76. The quantitative estimate of drug-likeness (QED) is 0.709. The van der Waals surface area contributed by atoms with Gasteiger partial charge in [0.2, 0.25) is 5.91 Å². The minimum Gasteiger partial charge on any atom is -0.375 e. The van der Waals surface area contributed by atoms with Crippen LogP contribution in [0.4, 0.5) is 0 Å². The van der Waals surface area contributed by atoms with Crippen LogP contribution in [0, 0.1) is 0 Å². The summed E-state index contributed by atoms with van der Waals surface area (Å²) in [5, 5.41) is 1.03. The number of benzene rings is 1. The van der Waals surface area contributed by atoms with Gasteiger partial charge in [0, 0.05) is 25.7 Å². The average Bonchev–Trinajstić information content (AvgIpc) is 3.37. The van der Waals surface area contributed by atoms with Crippen molar-refractivity contribution in [1.29, 1.82) is 0 Å². The highest BCUT2D eigenvalue weighted by atomic mass is 35.5. The predicted octanol–water partition coefficient (Wildman–Crippen LogP) is 4.56. The van der Waals surface area contributed by atoms with Crippen molar-refractivity contribution in [2.24, 2.45) is 0 Å². The van der Waals surface area contributed by atoms with Crippen LogP contribution < -0.4 is 0 Å². The molecule has 4 rings (SSSR count). The lowest BCUT2D eigenvalue weighted by molar-refractivity contribution is -0.136. The molecule has 6 heteroatoms. The Bertz CT molecular complexity index is 714. The minimum absolute atomic E-state index is 0.0529. The van der Waals surface area contributed by atoms with Gasteiger partial charge < -0.3 is 9.64 Å². The fourth-order valence-corrected chi connectivity index (χ4v) is 5.69. The van der Waals surface area contributed by atoms with Crippen molar-refractivity contribution in [2.75, 3.05) is 26.7 Å². The molecule has 0 unspecified atom stereocenters. The van der Waals surface area contributed by atoms with Gasteiger partial charge in [-0.3, -0.25) is 9.69 Å². The van der Waals surface area contributed by atoms with E-state index < -0.39 is 0 Å². The summed E-state index contributed by atoms with van der Waals surface area (Å²) in [6.07, 6.45) is 8.36. The highest BCUT2D eigenvalue weighted by molar-refractivity contribution is 6.42. The Kier molecular flexibility index (Phi) is 6.22. The molecule has 3 fully saturated rings. The minimum atomic E-state index is 0.0529. The molecular formula is C22H30Cl2N2O2. The summed E-state index contributed by atoms with van der Waals surface area (Å²) in [4.78, 5) is 17.7. The van der Waals surface area contributed by atoms with Crippen LogP contribution in [0.25, 0.3) is 0 Å². The van der Waals surface area contributed by atoms with Crippen LogP contribution in [0.15, 0.2) is 18.2 Å². The van der Waals surface area contributed by atoms with Crippen molar-refractivity contribution >= 4 is 29.1 Å². The highest BCUT2D eigenvalue weighted by Gasteiger charge is 2.47. The van der Waals surface area contributed by atoms with Crippen molar-refractivity contribution in [2.45, 2.75) is 69.1 Å². The number of carbonyl (C=O) groups excluding carboxylic acids is 1. The Labute approximate surface area is 178 Å². The third kappa shape index (κ3) is 4.21. The lowest BCUT2D eigenvalue weighted by Crippen LogP contribution is -2.58. The van der Waals surface area contributed by atoms with Gasteiger partial charge in [-0.05, 0) is 75.7 Å². The number of likely N-dealkylation sites (tertiary alicyclic amines) is 1. The zero-order valence-corrected chi connectivity index (χ0v) is 18.1. The van der Waals surface area contributed by atoms with Crippen molar-refractivity contribution in [3.63, 3.8) is 0 Å². The van der Waals surface area contributed by atoms with E-state index in [-0.39, 0.29) is 17.6 Å². The van der Waals surface area contributed by atoms with Gasteiger partial charge in [-0.25, -0.2) is 0 Å². The zero-order chi connectivity index (χ0) is 19.7. The number of carbonyl (C=O) groups is 1. The molecule has 28 heavy (non-hydrogen) atoms. The second-order valence-corrected chi connectivity index (χ2v) is 9.50. The summed E-state index contributed by atoms with van der Waals surface area (Å²) in [5.41, 5.74) is 0.965. The molecule has 1 spiro atoms. The first-order chi connectivity index (χ1) is 13.5. The standard InChI is InChI=1S/C22H30Cl2N2O2/c1-25(21(27)14-16-5-6-17(23)18(24)13-16)19-7-9-22(8-4-12-28-22)15-20(19)26-10-2-3-11-26/h5-6,13,19-20H,2-4,7-12,14-15H2,1H3/t19-,20+,22-/m0/s1. The SMILES string of the molecule is CN(C(=O)Cc1ccc(Cl)c(Cl)c1)[C@H]1CC[C@@]2(CCCO2)C[C@H]1N1CCCC1. The van der Waals surface area contributed by atoms with E-state index in [1.54, 1.807) is 12.1 Å². The molecule has 1 aliphatic carbocycles. The van der Waals surface area contributed by atoms with Gasteiger partial charge in [-0.1, -0.05) is 29.3 Å². The summed E-state index contributed by atoms with van der Waals surface area (Å²) in [7, 11) is 1.97. The number of likely N-dealkylation sites (N-methyl/N-ethyl adjacent to an activating group) is 1. The van der Waals surface area contributed by atoms with Crippen molar-refractivity contribution in [1.82, 2.24) is 9.80 Å². The van der Waals surface area contributed by atoms with E-state index in [1.165, 1.54) is 25.7 Å². The maximum atomic E-state index is 13.1. The van der Waals surface area contributed by atoms with Crippen molar-refractivity contribution in [3.8, 4) is 0 Å². The molecule has 2 saturated heterocycles. The summed E-state index contributed by atoms with van der Waals surface area (Å²) in [6.45, 7) is 3.18.